The van der Waals surface area contributed by atoms with E-state index in [0.717, 1.165) is 32.5 Å². The third-order valence-corrected chi connectivity index (χ3v) is 4.53. The second kappa shape index (κ2) is 6.02. The third kappa shape index (κ3) is 3.23. The molecule has 2 N–H and O–H groups in total. The number of carbonyl (C=O) groups excluding carboxylic acids is 1. The molecule has 104 valence electrons. The fourth-order valence-corrected chi connectivity index (χ4v) is 3.19. The van der Waals surface area contributed by atoms with Crippen molar-refractivity contribution in [2.45, 2.75) is 51.6 Å². The summed E-state index contributed by atoms with van der Waals surface area (Å²) in [5, 5.41) is 0. The molecule has 0 aromatic carbocycles. The van der Waals surface area contributed by atoms with E-state index >= 15 is 0 Å². The first kappa shape index (κ1) is 13.8. The van der Waals surface area contributed by atoms with Crippen LogP contribution >= 0.6 is 0 Å². The lowest BCUT2D eigenvalue weighted by atomic mass is 10.0. The number of nitrogens with zero attached hydrogens (tertiary/aromatic N) is 2. The average Bonchev–Trinajstić information content (AvgIpc) is 2.78. The van der Waals surface area contributed by atoms with Gasteiger partial charge in [0.05, 0.1) is 6.54 Å². The number of likely N-dealkylation sites (tertiary alicyclic amines) is 2. The Labute approximate surface area is 110 Å². The Bertz CT molecular complexity index is 293. The first-order chi connectivity index (χ1) is 8.58. The van der Waals surface area contributed by atoms with Crippen LogP contribution in [0, 0.1) is 5.92 Å². The summed E-state index contributed by atoms with van der Waals surface area (Å²) in [4.78, 5) is 16.6. The van der Waals surface area contributed by atoms with Crippen molar-refractivity contribution in [1.82, 2.24) is 9.80 Å². The summed E-state index contributed by atoms with van der Waals surface area (Å²) >= 11 is 0. The molecular formula is C14H27N3O. The third-order valence-electron chi connectivity index (χ3n) is 4.53. The van der Waals surface area contributed by atoms with Gasteiger partial charge in [0.25, 0.3) is 0 Å². The molecule has 2 rings (SSSR count). The van der Waals surface area contributed by atoms with Crippen molar-refractivity contribution >= 4 is 5.91 Å². The highest BCUT2D eigenvalue weighted by Crippen LogP contribution is 2.20. The van der Waals surface area contributed by atoms with Gasteiger partial charge in [0, 0.05) is 25.2 Å². The van der Waals surface area contributed by atoms with Gasteiger partial charge in [-0.05, 0) is 52.0 Å². The second-order valence-electron chi connectivity index (χ2n) is 6.07. The quantitative estimate of drug-likeness (QED) is 0.818. The summed E-state index contributed by atoms with van der Waals surface area (Å²) in [6, 6.07) is 0.678. The highest BCUT2D eigenvalue weighted by atomic mass is 16.2. The molecule has 2 saturated heterocycles. The standard InChI is InChI=1S/C14H27N3O/c1-11-5-3-4-7-17(11)14(18)10-16-8-6-13(9-16)12(2)15/h11-13H,3-10,15H2,1-2H3. The Kier molecular flexibility index (Phi) is 4.62. The Hall–Kier alpha value is -0.610. The van der Waals surface area contributed by atoms with Crippen LogP contribution in [-0.4, -0.2) is 54.0 Å². The van der Waals surface area contributed by atoms with Crippen molar-refractivity contribution in [3.8, 4) is 0 Å². The molecule has 0 aliphatic carbocycles. The fraction of sp³-hybridized carbons (Fsp3) is 0.929. The molecule has 0 aromatic heterocycles. The Morgan fingerprint density at radius 2 is 2.11 bits per heavy atom. The Morgan fingerprint density at radius 3 is 2.72 bits per heavy atom. The highest BCUT2D eigenvalue weighted by Gasteiger charge is 2.29. The van der Waals surface area contributed by atoms with Gasteiger partial charge in [-0.1, -0.05) is 0 Å². The highest BCUT2D eigenvalue weighted by molar-refractivity contribution is 5.78. The minimum Gasteiger partial charge on any atom is -0.339 e. The number of piperidine rings is 1. The molecule has 0 saturated carbocycles. The van der Waals surface area contributed by atoms with Crippen LogP contribution in [0.25, 0.3) is 0 Å². The molecule has 4 heteroatoms. The zero-order valence-electron chi connectivity index (χ0n) is 11.8. The lowest BCUT2D eigenvalue weighted by Crippen LogP contribution is -2.46. The van der Waals surface area contributed by atoms with Crippen molar-refractivity contribution in [2.24, 2.45) is 11.7 Å². The predicted molar refractivity (Wildman–Crippen MR) is 73.2 cm³/mol. The van der Waals surface area contributed by atoms with Gasteiger partial charge in [0.15, 0.2) is 0 Å². The van der Waals surface area contributed by atoms with Gasteiger partial charge in [-0.3, -0.25) is 9.69 Å². The van der Waals surface area contributed by atoms with E-state index in [1.54, 1.807) is 0 Å². The Morgan fingerprint density at radius 1 is 1.33 bits per heavy atom. The summed E-state index contributed by atoms with van der Waals surface area (Å²) in [6.45, 7) is 7.80. The molecule has 0 radical (unpaired) electrons. The van der Waals surface area contributed by atoms with Crippen LogP contribution in [-0.2, 0) is 4.79 Å². The molecule has 2 aliphatic heterocycles. The number of amides is 1. The summed E-state index contributed by atoms with van der Waals surface area (Å²) in [5.41, 5.74) is 5.93. The lowest BCUT2D eigenvalue weighted by molar-refractivity contribution is -0.135. The summed E-state index contributed by atoms with van der Waals surface area (Å²) in [7, 11) is 0. The van der Waals surface area contributed by atoms with Crippen molar-refractivity contribution < 1.29 is 4.79 Å². The predicted octanol–water partition coefficient (Wildman–Crippen LogP) is 1.06. The molecule has 2 heterocycles. The second-order valence-corrected chi connectivity index (χ2v) is 6.07. The van der Waals surface area contributed by atoms with Gasteiger partial charge in [0.1, 0.15) is 0 Å². The first-order valence-corrected chi connectivity index (χ1v) is 7.35. The molecule has 2 fully saturated rings. The van der Waals surface area contributed by atoms with Crippen molar-refractivity contribution in [1.29, 1.82) is 0 Å². The van der Waals surface area contributed by atoms with Gasteiger partial charge >= 0.3 is 0 Å². The molecule has 3 atom stereocenters. The topological polar surface area (TPSA) is 49.6 Å². The number of rotatable bonds is 3. The van der Waals surface area contributed by atoms with Crippen molar-refractivity contribution in [3.05, 3.63) is 0 Å². The van der Waals surface area contributed by atoms with Crippen LogP contribution in [0.1, 0.15) is 39.5 Å². The van der Waals surface area contributed by atoms with Crippen molar-refractivity contribution in [2.75, 3.05) is 26.2 Å². The summed E-state index contributed by atoms with van der Waals surface area (Å²) in [6.07, 6.45) is 4.73. The van der Waals surface area contributed by atoms with Crippen molar-refractivity contribution in [3.63, 3.8) is 0 Å². The first-order valence-electron chi connectivity index (χ1n) is 7.35. The minimum absolute atomic E-state index is 0.249. The molecule has 0 bridgehead atoms. The van der Waals surface area contributed by atoms with E-state index in [0.29, 0.717) is 24.4 Å². The minimum atomic E-state index is 0.249. The number of hydrogen-bond acceptors (Lipinski definition) is 3. The normalized spacial score (nSPS) is 31.6. The van der Waals surface area contributed by atoms with Gasteiger partial charge < -0.3 is 10.6 Å². The van der Waals surface area contributed by atoms with E-state index in [1.165, 1.54) is 12.8 Å². The molecule has 2 aliphatic rings. The van der Waals surface area contributed by atoms with Gasteiger partial charge in [-0.2, -0.15) is 0 Å². The summed E-state index contributed by atoms with van der Waals surface area (Å²) < 4.78 is 0. The maximum Gasteiger partial charge on any atom is 0.236 e. The zero-order valence-corrected chi connectivity index (χ0v) is 11.8. The SMILES string of the molecule is CC(N)C1CCN(CC(=O)N2CCCCC2C)C1. The van der Waals surface area contributed by atoms with Crippen LogP contribution in [0.4, 0.5) is 0 Å². The largest absolute Gasteiger partial charge is 0.339 e. The Balaban J connectivity index is 1.81. The number of carbonyl (C=O) groups is 1. The average molecular weight is 253 g/mol. The monoisotopic (exact) mass is 253 g/mol. The van der Waals surface area contributed by atoms with Crippen LogP contribution in [0.3, 0.4) is 0 Å². The molecular weight excluding hydrogens is 226 g/mol. The van der Waals surface area contributed by atoms with E-state index in [1.807, 2.05) is 0 Å². The fourth-order valence-electron chi connectivity index (χ4n) is 3.19. The van der Waals surface area contributed by atoms with Crippen LogP contribution in [0.15, 0.2) is 0 Å². The van der Waals surface area contributed by atoms with Gasteiger partial charge in [0.2, 0.25) is 5.91 Å². The molecule has 3 unspecified atom stereocenters. The van der Waals surface area contributed by atoms with Crippen LogP contribution in [0.2, 0.25) is 0 Å². The molecule has 18 heavy (non-hydrogen) atoms. The molecule has 0 spiro atoms. The van der Waals surface area contributed by atoms with Gasteiger partial charge in [-0.15, -0.1) is 0 Å². The number of hydrogen-bond donors (Lipinski definition) is 1. The zero-order chi connectivity index (χ0) is 13.1. The molecule has 4 nitrogen and oxygen atoms in total. The molecule has 0 aromatic rings. The van der Waals surface area contributed by atoms with E-state index in [2.05, 4.69) is 23.6 Å². The molecule has 1 amide bonds. The van der Waals surface area contributed by atoms with E-state index in [4.69, 9.17) is 5.73 Å². The van der Waals surface area contributed by atoms with Crippen LogP contribution in [0.5, 0.6) is 0 Å². The lowest BCUT2D eigenvalue weighted by Gasteiger charge is -2.34. The maximum atomic E-state index is 12.3. The van der Waals surface area contributed by atoms with E-state index in [9.17, 15) is 4.79 Å². The smallest absolute Gasteiger partial charge is 0.236 e. The maximum absolute atomic E-state index is 12.3. The summed E-state index contributed by atoms with van der Waals surface area (Å²) in [5.74, 6) is 0.879. The van der Waals surface area contributed by atoms with E-state index < -0.39 is 0 Å². The number of nitrogens with two attached hydrogens (primary N) is 1. The van der Waals surface area contributed by atoms with Gasteiger partial charge in [-0.25, -0.2) is 0 Å². The van der Waals surface area contributed by atoms with Crippen LogP contribution < -0.4 is 5.73 Å². The van der Waals surface area contributed by atoms with E-state index in [-0.39, 0.29) is 6.04 Å².